The fourth-order valence-electron chi connectivity index (χ4n) is 2.35. The molecule has 3 aromatic rings. The first-order valence-electron chi connectivity index (χ1n) is 8.15. The predicted molar refractivity (Wildman–Crippen MR) is 107 cm³/mol. The third-order valence-electron chi connectivity index (χ3n) is 3.67. The summed E-state index contributed by atoms with van der Waals surface area (Å²) >= 11 is 1.59. The summed E-state index contributed by atoms with van der Waals surface area (Å²) in [7, 11) is 0. The Bertz CT molecular complexity index is 945. The molecule has 25 heavy (non-hydrogen) atoms. The van der Waals surface area contributed by atoms with Gasteiger partial charge in [-0.05, 0) is 30.5 Å². The number of rotatable bonds is 5. The van der Waals surface area contributed by atoms with Crippen LogP contribution in [0.15, 0.2) is 82.2 Å². The normalized spacial score (nSPS) is 12.0. The van der Waals surface area contributed by atoms with Gasteiger partial charge in [-0.3, -0.25) is 4.99 Å². The SMILES string of the molecule is C=C(C)CN=c1scc(C)n1N=Cc1ccc(-c2ccccc2)cc1. The summed E-state index contributed by atoms with van der Waals surface area (Å²) in [5.74, 6) is 0. The maximum atomic E-state index is 4.59. The van der Waals surface area contributed by atoms with Crippen molar-refractivity contribution in [3.05, 3.63) is 88.2 Å². The quantitative estimate of drug-likeness (QED) is 0.465. The molecule has 3 rings (SSSR count). The second-order valence-electron chi connectivity index (χ2n) is 5.98. The Morgan fingerprint density at radius 2 is 1.76 bits per heavy atom. The van der Waals surface area contributed by atoms with Crippen molar-refractivity contribution in [2.75, 3.05) is 6.54 Å². The van der Waals surface area contributed by atoms with Crippen molar-refractivity contribution in [3.63, 3.8) is 0 Å². The molecule has 0 bridgehead atoms. The van der Waals surface area contributed by atoms with E-state index in [1.54, 1.807) is 11.3 Å². The Hall–Kier alpha value is -2.72. The molecule has 4 heteroatoms. The molecule has 0 N–H and O–H groups in total. The monoisotopic (exact) mass is 347 g/mol. The molecule has 2 aromatic carbocycles. The van der Waals surface area contributed by atoms with E-state index in [0.29, 0.717) is 6.54 Å². The van der Waals surface area contributed by atoms with Gasteiger partial charge in [0.1, 0.15) is 0 Å². The lowest BCUT2D eigenvalue weighted by Crippen LogP contribution is -2.13. The van der Waals surface area contributed by atoms with Crippen LogP contribution < -0.4 is 4.80 Å². The van der Waals surface area contributed by atoms with E-state index in [4.69, 9.17) is 0 Å². The number of benzene rings is 2. The van der Waals surface area contributed by atoms with Gasteiger partial charge in [-0.2, -0.15) is 5.10 Å². The van der Waals surface area contributed by atoms with Crippen LogP contribution in [0.2, 0.25) is 0 Å². The van der Waals surface area contributed by atoms with Crippen LogP contribution in [0.5, 0.6) is 0 Å². The standard InChI is InChI=1S/C21H21N3S/c1-16(2)13-22-21-24(17(3)15-25-21)23-14-18-9-11-20(12-10-18)19-7-5-4-6-8-19/h4-12,14-15H,1,13H2,2-3H3. The smallest absolute Gasteiger partial charge is 0.206 e. The van der Waals surface area contributed by atoms with Crippen LogP contribution >= 0.6 is 11.3 Å². The van der Waals surface area contributed by atoms with Gasteiger partial charge in [-0.1, -0.05) is 66.7 Å². The molecule has 0 amide bonds. The number of hydrogen-bond acceptors (Lipinski definition) is 3. The van der Waals surface area contributed by atoms with Gasteiger partial charge in [0, 0.05) is 5.38 Å². The van der Waals surface area contributed by atoms with Gasteiger partial charge in [0.05, 0.1) is 18.5 Å². The molecule has 0 fully saturated rings. The van der Waals surface area contributed by atoms with Crippen molar-refractivity contribution in [2.24, 2.45) is 10.1 Å². The van der Waals surface area contributed by atoms with Crippen LogP contribution in [-0.4, -0.2) is 17.4 Å². The second kappa shape index (κ2) is 7.90. The van der Waals surface area contributed by atoms with Crippen LogP contribution in [0, 0.1) is 6.92 Å². The van der Waals surface area contributed by atoms with Crippen molar-refractivity contribution in [3.8, 4) is 11.1 Å². The van der Waals surface area contributed by atoms with Gasteiger partial charge in [0.2, 0.25) is 4.80 Å². The third-order valence-corrected chi connectivity index (χ3v) is 4.65. The van der Waals surface area contributed by atoms with Gasteiger partial charge < -0.3 is 0 Å². The summed E-state index contributed by atoms with van der Waals surface area (Å²) in [4.78, 5) is 5.45. The van der Waals surface area contributed by atoms with E-state index in [2.05, 4.69) is 70.6 Å². The minimum Gasteiger partial charge on any atom is -0.253 e. The van der Waals surface area contributed by atoms with E-state index in [1.807, 2.05) is 30.8 Å². The van der Waals surface area contributed by atoms with E-state index < -0.39 is 0 Å². The van der Waals surface area contributed by atoms with Gasteiger partial charge in [0.15, 0.2) is 0 Å². The number of aryl methyl sites for hydroxylation is 1. The number of thiazole rings is 1. The maximum Gasteiger partial charge on any atom is 0.206 e. The fraction of sp³-hybridized carbons (Fsp3) is 0.143. The predicted octanol–water partition coefficient (Wildman–Crippen LogP) is 4.88. The Morgan fingerprint density at radius 3 is 2.44 bits per heavy atom. The summed E-state index contributed by atoms with van der Waals surface area (Å²) in [5, 5.41) is 6.66. The molecule has 0 aliphatic carbocycles. The van der Waals surface area contributed by atoms with Crippen LogP contribution in [0.25, 0.3) is 11.1 Å². The van der Waals surface area contributed by atoms with E-state index in [-0.39, 0.29) is 0 Å². The van der Waals surface area contributed by atoms with Crippen LogP contribution in [0.1, 0.15) is 18.2 Å². The lowest BCUT2D eigenvalue weighted by molar-refractivity contribution is 0.796. The van der Waals surface area contributed by atoms with Gasteiger partial charge in [0.25, 0.3) is 0 Å². The Morgan fingerprint density at radius 1 is 1.08 bits per heavy atom. The molecular formula is C21H21N3S. The van der Waals surface area contributed by atoms with Gasteiger partial charge in [-0.15, -0.1) is 11.3 Å². The first-order valence-corrected chi connectivity index (χ1v) is 9.03. The van der Waals surface area contributed by atoms with Crippen molar-refractivity contribution in [1.82, 2.24) is 4.68 Å². The summed E-state index contributed by atoms with van der Waals surface area (Å²) in [6.45, 7) is 8.53. The van der Waals surface area contributed by atoms with E-state index in [1.165, 1.54) is 11.1 Å². The van der Waals surface area contributed by atoms with Crippen molar-refractivity contribution in [2.45, 2.75) is 13.8 Å². The van der Waals surface area contributed by atoms with Crippen molar-refractivity contribution >= 4 is 17.6 Å². The largest absolute Gasteiger partial charge is 0.253 e. The number of hydrogen-bond donors (Lipinski definition) is 0. The molecule has 0 unspecified atom stereocenters. The molecule has 126 valence electrons. The Balaban J connectivity index is 1.82. The summed E-state index contributed by atoms with van der Waals surface area (Å²) in [6, 6.07) is 18.8. The minimum absolute atomic E-state index is 0.626. The molecule has 0 atom stereocenters. The molecule has 0 saturated heterocycles. The number of aromatic nitrogens is 1. The van der Waals surface area contributed by atoms with Crippen molar-refractivity contribution in [1.29, 1.82) is 0 Å². The minimum atomic E-state index is 0.626. The van der Waals surface area contributed by atoms with E-state index in [9.17, 15) is 0 Å². The lowest BCUT2D eigenvalue weighted by atomic mass is 10.0. The zero-order chi connectivity index (χ0) is 17.6. The molecule has 0 saturated carbocycles. The molecule has 0 aliphatic rings. The highest BCUT2D eigenvalue weighted by Gasteiger charge is 2.00. The van der Waals surface area contributed by atoms with Gasteiger partial charge >= 0.3 is 0 Å². The highest BCUT2D eigenvalue weighted by atomic mass is 32.1. The highest BCUT2D eigenvalue weighted by molar-refractivity contribution is 7.07. The molecule has 1 aromatic heterocycles. The fourth-order valence-corrected chi connectivity index (χ4v) is 3.16. The Labute approximate surface area is 152 Å². The maximum absolute atomic E-state index is 4.59. The summed E-state index contributed by atoms with van der Waals surface area (Å²) in [5.41, 5.74) is 5.59. The van der Waals surface area contributed by atoms with Crippen LogP contribution in [-0.2, 0) is 0 Å². The van der Waals surface area contributed by atoms with Crippen LogP contribution in [0.3, 0.4) is 0 Å². The molecule has 0 radical (unpaired) electrons. The zero-order valence-corrected chi connectivity index (χ0v) is 15.3. The van der Waals surface area contributed by atoms with Crippen LogP contribution in [0.4, 0.5) is 0 Å². The van der Waals surface area contributed by atoms with Gasteiger partial charge in [-0.25, -0.2) is 4.68 Å². The molecular weight excluding hydrogens is 326 g/mol. The highest BCUT2D eigenvalue weighted by Crippen LogP contribution is 2.18. The second-order valence-corrected chi connectivity index (χ2v) is 6.81. The Kier molecular flexibility index (Phi) is 5.41. The molecule has 1 heterocycles. The lowest BCUT2D eigenvalue weighted by Gasteiger charge is -2.02. The van der Waals surface area contributed by atoms with E-state index in [0.717, 1.165) is 21.6 Å². The van der Waals surface area contributed by atoms with E-state index >= 15 is 0 Å². The average molecular weight is 347 g/mol. The number of nitrogens with zero attached hydrogens (tertiary/aromatic N) is 3. The third kappa shape index (κ3) is 4.43. The molecule has 0 aliphatic heterocycles. The van der Waals surface area contributed by atoms with Crippen molar-refractivity contribution < 1.29 is 0 Å². The average Bonchev–Trinajstić information content (AvgIpc) is 2.99. The molecule has 0 spiro atoms. The first kappa shape index (κ1) is 17.1. The molecule has 3 nitrogen and oxygen atoms in total. The summed E-state index contributed by atoms with van der Waals surface area (Å²) < 4.78 is 1.87. The first-order chi connectivity index (χ1) is 12.1. The summed E-state index contributed by atoms with van der Waals surface area (Å²) in [6.07, 6.45) is 1.87. The topological polar surface area (TPSA) is 29.6 Å². The zero-order valence-electron chi connectivity index (χ0n) is 14.5.